The van der Waals surface area contributed by atoms with Crippen molar-refractivity contribution in [1.29, 1.82) is 0 Å². The lowest BCUT2D eigenvalue weighted by Crippen LogP contribution is -2.13. The summed E-state index contributed by atoms with van der Waals surface area (Å²) in [6.45, 7) is 6.61. The molecule has 3 heteroatoms. The maximum absolute atomic E-state index is 13.7. The standard InChI is InChI=1S/C14H22FNO/c1-4-6-10(2)9-17-14-12(11(3)16)7-5-8-13(14)15/h5,7-8,10-11H,4,6,9,16H2,1-3H3. The number of rotatable bonds is 6. The van der Waals surface area contributed by atoms with Crippen molar-refractivity contribution in [3.63, 3.8) is 0 Å². The highest BCUT2D eigenvalue weighted by atomic mass is 19.1. The molecule has 17 heavy (non-hydrogen) atoms. The first kappa shape index (κ1) is 14.0. The number of nitrogens with two attached hydrogens (primary N) is 1. The number of hydrogen-bond donors (Lipinski definition) is 1. The van der Waals surface area contributed by atoms with Gasteiger partial charge in [-0.15, -0.1) is 0 Å². The number of hydrogen-bond acceptors (Lipinski definition) is 2. The van der Waals surface area contributed by atoms with Crippen molar-refractivity contribution in [1.82, 2.24) is 0 Å². The zero-order valence-electron chi connectivity index (χ0n) is 10.9. The molecular formula is C14H22FNO. The molecule has 96 valence electrons. The number of ether oxygens (including phenoxy) is 1. The molecule has 0 aliphatic rings. The van der Waals surface area contributed by atoms with Gasteiger partial charge in [-0.25, -0.2) is 4.39 Å². The third kappa shape index (κ3) is 4.00. The first-order chi connectivity index (χ1) is 8.06. The van der Waals surface area contributed by atoms with E-state index in [1.54, 1.807) is 6.07 Å². The predicted molar refractivity (Wildman–Crippen MR) is 68.6 cm³/mol. The van der Waals surface area contributed by atoms with Gasteiger partial charge in [-0.05, 0) is 25.3 Å². The van der Waals surface area contributed by atoms with Crippen LogP contribution < -0.4 is 10.5 Å². The minimum absolute atomic E-state index is 0.220. The Hall–Kier alpha value is -1.09. The summed E-state index contributed by atoms with van der Waals surface area (Å²) in [6.07, 6.45) is 2.20. The van der Waals surface area contributed by atoms with Crippen LogP contribution in [0.3, 0.4) is 0 Å². The van der Waals surface area contributed by atoms with E-state index >= 15 is 0 Å². The first-order valence-corrected chi connectivity index (χ1v) is 6.23. The fourth-order valence-electron chi connectivity index (χ4n) is 1.84. The van der Waals surface area contributed by atoms with Gasteiger partial charge in [0.2, 0.25) is 0 Å². The maximum atomic E-state index is 13.7. The summed E-state index contributed by atoms with van der Waals surface area (Å²) in [4.78, 5) is 0. The molecule has 2 nitrogen and oxygen atoms in total. The van der Waals surface area contributed by atoms with Crippen LogP contribution in [0.1, 0.15) is 45.2 Å². The summed E-state index contributed by atoms with van der Waals surface area (Å²) >= 11 is 0. The first-order valence-electron chi connectivity index (χ1n) is 6.23. The maximum Gasteiger partial charge on any atom is 0.165 e. The number of benzene rings is 1. The van der Waals surface area contributed by atoms with Gasteiger partial charge in [0.05, 0.1) is 6.61 Å². The van der Waals surface area contributed by atoms with Gasteiger partial charge in [-0.1, -0.05) is 32.4 Å². The summed E-state index contributed by atoms with van der Waals surface area (Å²) in [7, 11) is 0. The van der Waals surface area contributed by atoms with Gasteiger partial charge >= 0.3 is 0 Å². The molecule has 0 saturated heterocycles. The lowest BCUT2D eigenvalue weighted by molar-refractivity contribution is 0.238. The normalized spacial score (nSPS) is 14.4. The molecule has 0 radical (unpaired) electrons. The molecule has 1 aromatic carbocycles. The number of para-hydroxylation sites is 1. The van der Waals surface area contributed by atoms with Gasteiger partial charge in [-0.3, -0.25) is 0 Å². The van der Waals surface area contributed by atoms with Gasteiger partial charge < -0.3 is 10.5 Å². The molecule has 2 atom stereocenters. The van der Waals surface area contributed by atoms with E-state index in [0.717, 1.165) is 18.4 Å². The Morgan fingerprint density at radius 2 is 2.06 bits per heavy atom. The summed E-state index contributed by atoms with van der Waals surface area (Å²) in [6, 6.07) is 4.66. The molecule has 2 N–H and O–H groups in total. The highest BCUT2D eigenvalue weighted by molar-refractivity contribution is 5.36. The molecule has 0 amide bonds. The van der Waals surface area contributed by atoms with Crippen molar-refractivity contribution in [3.8, 4) is 5.75 Å². The average Bonchev–Trinajstić information content (AvgIpc) is 2.27. The van der Waals surface area contributed by atoms with E-state index in [0.29, 0.717) is 18.3 Å². The van der Waals surface area contributed by atoms with E-state index in [-0.39, 0.29) is 11.9 Å². The molecule has 1 aromatic rings. The van der Waals surface area contributed by atoms with Crippen LogP contribution in [0, 0.1) is 11.7 Å². The van der Waals surface area contributed by atoms with E-state index < -0.39 is 0 Å². The monoisotopic (exact) mass is 239 g/mol. The van der Waals surface area contributed by atoms with Crippen molar-refractivity contribution in [3.05, 3.63) is 29.6 Å². The van der Waals surface area contributed by atoms with Gasteiger partial charge in [-0.2, -0.15) is 0 Å². The highest BCUT2D eigenvalue weighted by Crippen LogP contribution is 2.27. The highest BCUT2D eigenvalue weighted by Gasteiger charge is 2.13. The lowest BCUT2D eigenvalue weighted by atomic mass is 10.1. The number of halogens is 1. The second kappa shape index (κ2) is 6.60. The Kier molecular flexibility index (Phi) is 5.42. The molecule has 0 heterocycles. The van der Waals surface area contributed by atoms with E-state index in [1.807, 2.05) is 13.0 Å². The largest absolute Gasteiger partial charge is 0.490 e. The van der Waals surface area contributed by atoms with Gasteiger partial charge in [0.1, 0.15) is 0 Å². The van der Waals surface area contributed by atoms with E-state index in [1.165, 1.54) is 6.07 Å². The van der Waals surface area contributed by atoms with E-state index in [2.05, 4.69) is 13.8 Å². The Labute approximate surface area is 103 Å². The van der Waals surface area contributed by atoms with Crippen molar-refractivity contribution >= 4 is 0 Å². The van der Waals surface area contributed by atoms with Crippen molar-refractivity contribution in [2.45, 2.75) is 39.7 Å². The molecule has 0 spiro atoms. The predicted octanol–water partition coefficient (Wildman–Crippen LogP) is 3.66. The van der Waals surface area contributed by atoms with Crippen LogP contribution in [-0.4, -0.2) is 6.61 Å². The zero-order valence-corrected chi connectivity index (χ0v) is 10.9. The molecule has 0 aliphatic carbocycles. The van der Waals surface area contributed by atoms with Crippen molar-refractivity contribution in [2.24, 2.45) is 11.7 Å². The van der Waals surface area contributed by atoms with Gasteiger partial charge in [0.15, 0.2) is 11.6 Å². The Morgan fingerprint density at radius 3 is 2.65 bits per heavy atom. The third-order valence-electron chi connectivity index (χ3n) is 2.78. The SMILES string of the molecule is CCCC(C)COc1c(F)cccc1C(C)N. The van der Waals surface area contributed by atoms with Crippen LogP contribution >= 0.6 is 0 Å². The average molecular weight is 239 g/mol. The molecule has 0 saturated carbocycles. The summed E-state index contributed by atoms with van der Waals surface area (Å²) in [5.41, 5.74) is 6.53. The Morgan fingerprint density at radius 1 is 1.35 bits per heavy atom. The van der Waals surface area contributed by atoms with Gasteiger partial charge in [0, 0.05) is 11.6 Å². The van der Waals surface area contributed by atoms with Gasteiger partial charge in [0.25, 0.3) is 0 Å². The molecule has 0 aliphatic heterocycles. The van der Waals surface area contributed by atoms with Crippen molar-refractivity contribution < 1.29 is 9.13 Å². The van der Waals surface area contributed by atoms with Crippen LogP contribution in [0.5, 0.6) is 5.75 Å². The molecule has 0 bridgehead atoms. The van der Waals surface area contributed by atoms with Crippen LogP contribution in [0.2, 0.25) is 0 Å². The van der Waals surface area contributed by atoms with Crippen LogP contribution in [0.15, 0.2) is 18.2 Å². The van der Waals surface area contributed by atoms with Crippen LogP contribution in [0.25, 0.3) is 0 Å². The topological polar surface area (TPSA) is 35.2 Å². The summed E-state index contributed by atoms with van der Waals surface area (Å²) < 4.78 is 19.3. The van der Waals surface area contributed by atoms with Crippen molar-refractivity contribution in [2.75, 3.05) is 6.61 Å². The minimum Gasteiger partial charge on any atom is -0.490 e. The Bertz CT molecular complexity index is 352. The molecule has 1 rings (SSSR count). The van der Waals surface area contributed by atoms with E-state index in [9.17, 15) is 4.39 Å². The molecule has 2 unspecified atom stereocenters. The minimum atomic E-state index is -0.330. The fourth-order valence-corrected chi connectivity index (χ4v) is 1.84. The lowest BCUT2D eigenvalue weighted by Gasteiger charge is -2.17. The third-order valence-corrected chi connectivity index (χ3v) is 2.78. The van der Waals surface area contributed by atoms with E-state index in [4.69, 9.17) is 10.5 Å². The summed E-state index contributed by atoms with van der Waals surface area (Å²) in [5, 5.41) is 0. The second-order valence-electron chi connectivity index (χ2n) is 4.65. The Balaban J connectivity index is 2.75. The van der Waals surface area contributed by atoms with Crippen LogP contribution in [-0.2, 0) is 0 Å². The molecular weight excluding hydrogens is 217 g/mol. The van der Waals surface area contributed by atoms with Crippen LogP contribution in [0.4, 0.5) is 4.39 Å². The molecule has 0 fully saturated rings. The summed E-state index contributed by atoms with van der Waals surface area (Å²) in [5.74, 6) is 0.412. The smallest absolute Gasteiger partial charge is 0.165 e. The fraction of sp³-hybridized carbons (Fsp3) is 0.571. The second-order valence-corrected chi connectivity index (χ2v) is 4.65. The molecule has 0 aromatic heterocycles. The quantitative estimate of drug-likeness (QED) is 0.822. The zero-order chi connectivity index (χ0) is 12.8.